The van der Waals surface area contributed by atoms with Gasteiger partial charge in [0, 0.05) is 6.54 Å². The SMILES string of the molecule is COC(=O)c1sc2ncnc(NCCCN)c2c1C. The Morgan fingerprint density at radius 3 is 3.00 bits per heavy atom. The third-order valence-electron chi connectivity index (χ3n) is 2.77. The van der Waals surface area contributed by atoms with Crippen LogP contribution >= 0.6 is 11.3 Å². The normalized spacial score (nSPS) is 10.7. The van der Waals surface area contributed by atoms with Crippen molar-refractivity contribution in [2.24, 2.45) is 5.73 Å². The highest BCUT2D eigenvalue weighted by atomic mass is 32.1. The minimum Gasteiger partial charge on any atom is -0.465 e. The minimum absolute atomic E-state index is 0.339. The molecule has 0 aromatic carbocycles. The highest BCUT2D eigenvalue weighted by Gasteiger charge is 2.19. The smallest absolute Gasteiger partial charge is 0.348 e. The Kier molecular flexibility index (Phi) is 4.28. The number of fused-ring (bicyclic) bond motifs is 1. The Morgan fingerprint density at radius 1 is 1.53 bits per heavy atom. The molecule has 0 amide bonds. The number of nitrogens with two attached hydrogens (primary N) is 1. The van der Waals surface area contributed by atoms with Crippen molar-refractivity contribution < 1.29 is 9.53 Å². The van der Waals surface area contributed by atoms with E-state index >= 15 is 0 Å². The molecule has 2 aromatic rings. The predicted octanol–water partition coefficient (Wildman–Crippen LogP) is 1.55. The van der Waals surface area contributed by atoms with Crippen LogP contribution in [0.3, 0.4) is 0 Å². The third kappa shape index (κ3) is 2.66. The van der Waals surface area contributed by atoms with Crippen molar-refractivity contribution in [3.63, 3.8) is 0 Å². The monoisotopic (exact) mass is 280 g/mol. The van der Waals surface area contributed by atoms with E-state index in [-0.39, 0.29) is 5.97 Å². The van der Waals surface area contributed by atoms with Gasteiger partial charge in [-0.25, -0.2) is 14.8 Å². The van der Waals surface area contributed by atoms with E-state index in [2.05, 4.69) is 15.3 Å². The lowest BCUT2D eigenvalue weighted by atomic mass is 10.2. The molecule has 19 heavy (non-hydrogen) atoms. The second kappa shape index (κ2) is 5.94. The van der Waals surface area contributed by atoms with Gasteiger partial charge in [-0.3, -0.25) is 0 Å². The molecule has 0 saturated heterocycles. The second-order valence-corrected chi connectivity index (χ2v) is 5.02. The predicted molar refractivity (Wildman–Crippen MR) is 75.7 cm³/mol. The molecular weight excluding hydrogens is 264 g/mol. The van der Waals surface area contributed by atoms with Crippen LogP contribution in [0, 0.1) is 6.92 Å². The number of rotatable bonds is 5. The number of aromatic nitrogens is 2. The van der Waals surface area contributed by atoms with Crippen LogP contribution in [0.15, 0.2) is 6.33 Å². The van der Waals surface area contributed by atoms with Gasteiger partial charge in [0.1, 0.15) is 21.9 Å². The number of hydrogen-bond donors (Lipinski definition) is 2. The third-order valence-corrected chi connectivity index (χ3v) is 3.95. The van der Waals surface area contributed by atoms with Crippen LogP contribution < -0.4 is 11.1 Å². The van der Waals surface area contributed by atoms with Gasteiger partial charge < -0.3 is 15.8 Å². The quantitative estimate of drug-likeness (QED) is 0.638. The lowest BCUT2D eigenvalue weighted by Gasteiger charge is -2.06. The molecule has 0 bridgehead atoms. The van der Waals surface area contributed by atoms with Gasteiger partial charge in [0.15, 0.2) is 0 Å². The molecule has 0 atom stereocenters. The average Bonchev–Trinajstić information content (AvgIpc) is 2.76. The molecule has 7 heteroatoms. The first-order valence-corrected chi connectivity index (χ1v) is 6.77. The Morgan fingerprint density at radius 2 is 2.32 bits per heavy atom. The van der Waals surface area contributed by atoms with Crippen LogP contribution in [0.4, 0.5) is 5.82 Å². The molecular formula is C12H16N4O2S. The van der Waals surface area contributed by atoms with Crippen LogP contribution in [0.2, 0.25) is 0 Å². The molecule has 0 aliphatic carbocycles. The molecule has 0 spiro atoms. The Labute approximate surface area is 115 Å². The number of ether oxygens (including phenoxy) is 1. The molecule has 0 aliphatic rings. The number of thiophene rings is 1. The Bertz CT molecular complexity index is 597. The van der Waals surface area contributed by atoms with Gasteiger partial charge in [0.25, 0.3) is 0 Å². The minimum atomic E-state index is -0.339. The first-order valence-electron chi connectivity index (χ1n) is 5.95. The van der Waals surface area contributed by atoms with Crippen molar-refractivity contribution >= 4 is 33.3 Å². The number of esters is 1. The number of aryl methyl sites for hydroxylation is 1. The zero-order valence-electron chi connectivity index (χ0n) is 10.9. The summed E-state index contributed by atoms with van der Waals surface area (Å²) in [5, 5.41) is 4.10. The topological polar surface area (TPSA) is 90.1 Å². The summed E-state index contributed by atoms with van der Waals surface area (Å²) >= 11 is 1.32. The van der Waals surface area contributed by atoms with E-state index in [9.17, 15) is 4.79 Å². The molecule has 0 saturated carbocycles. The van der Waals surface area contributed by atoms with Crippen LogP contribution in [0.25, 0.3) is 10.2 Å². The number of methoxy groups -OCH3 is 1. The first-order chi connectivity index (χ1) is 9.19. The molecule has 102 valence electrons. The number of carbonyl (C=O) groups excluding carboxylic acids is 1. The van der Waals surface area contributed by atoms with Crippen LogP contribution in [-0.4, -0.2) is 36.1 Å². The molecule has 0 fully saturated rings. The summed E-state index contributed by atoms with van der Waals surface area (Å²) in [6.45, 7) is 3.24. The average molecular weight is 280 g/mol. The molecule has 2 aromatic heterocycles. The highest BCUT2D eigenvalue weighted by Crippen LogP contribution is 2.33. The van der Waals surface area contributed by atoms with E-state index in [4.69, 9.17) is 10.5 Å². The van der Waals surface area contributed by atoms with Crippen molar-refractivity contribution in [2.45, 2.75) is 13.3 Å². The maximum Gasteiger partial charge on any atom is 0.348 e. The number of nitrogens with one attached hydrogen (secondary N) is 1. The number of hydrogen-bond acceptors (Lipinski definition) is 7. The van der Waals surface area contributed by atoms with Gasteiger partial charge in [-0.15, -0.1) is 11.3 Å². The van der Waals surface area contributed by atoms with Crippen molar-refractivity contribution in [2.75, 3.05) is 25.5 Å². The largest absolute Gasteiger partial charge is 0.465 e. The Balaban J connectivity index is 2.43. The summed E-state index contributed by atoms with van der Waals surface area (Å²) in [6.07, 6.45) is 2.35. The van der Waals surface area contributed by atoms with E-state index in [1.54, 1.807) is 0 Å². The van der Waals surface area contributed by atoms with Gasteiger partial charge in [0.2, 0.25) is 0 Å². The number of nitrogens with zero attached hydrogens (tertiary/aromatic N) is 2. The van der Waals surface area contributed by atoms with E-state index in [0.717, 1.165) is 34.6 Å². The van der Waals surface area contributed by atoms with Crippen molar-refractivity contribution in [3.8, 4) is 0 Å². The van der Waals surface area contributed by atoms with Crippen molar-refractivity contribution in [1.29, 1.82) is 0 Å². The van der Waals surface area contributed by atoms with E-state index in [1.165, 1.54) is 24.8 Å². The van der Waals surface area contributed by atoms with Gasteiger partial charge in [-0.1, -0.05) is 0 Å². The zero-order valence-corrected chi connectivity index (χ0v) is 11.7. The van der Waals surface area contributed by atoms with Crippen LogP contribution in [0.5, 0.6) is 0 Å². The number of anilines is 1. The maximum atomic E-state index is 11.7. The number of carbonyl (C=O) groups is 1. The summed E-state index contributed by atoms with van der Waals surface area (Å²) in [5.41, 5.74) is 6.31. The van der Waals surface area contributed by atoms with Crippen LogP contribution in [0.1, 0.15) is 21.7 Å². The fraction of sp³-hybridized carbons (Fsp3) is 0.417. The summed E-state index contributed by atoms with van der Waals surface area (Å²) in [7, 11) is 1.37. The molecule has 2 heterocycles. The summed E-state index contributed by atoms with van der Waals surface area (Å²) in [5.74, 6) is 0.399. The van der Waals surface area contributed by atoms with E-state index in [1.807, 2.05) is 6.92 Å². The highest BCUT2D eigenvalue weighted by molar-refractivity contribution is 7.20. The standard InChI is InChI=1S/C12H16N4O2S/c1-7-8-10(14-5-3-4-13)15-6-16-11(8)19-9(7)12(17)18-2/h6H,3-5,13H2,1-2H3,(H,14,15,16). The van der Waals surface area contributed by atoms with Gasteiger partial charge in [-0.2, -0.15) is 0 Å². The summed E-state index contributed by atoms with van der Waals surface area (Å²) in [4.78, 5) is 21.5. The molecule has 2 rings (SSSR count). The van der Waals surface area contributed by atoms with Crippen molar-refractivity contribution in [1.82, 2.24) is 9.97 Å². The molecule has 0 radical (unpaired) electrons. The van der Waals surface area contributed by atoms with Gasteiger partial charge >= 0.3 is 5.97 Å². The zero-order chi connectivity index (χ0) is 13.8. The van der Waals surface area contributed by atoms with E-state index in [0.29, 0.717) is 11.4 Å². The molecule has 0 aliphatic heterocycles. The molecule has 3 N–H and O–H groups in total. The maximum absolute atomic E-state index is 11.7. The fourth-order valence-electron chi connectivity index (χ4n) is 1.80. The lowest BCUT2D eigenvalue weighted by Crippen LogP contribution is -2.09. The van der Waals surface area contributed by atoms with E-state index < -0.39 is 0 Å². The first kappa shape index (κ1) is 13.7. The van der Waals surface area contributed by atoms with Crippen LogP contribution in [-0.2, 0) is 4.74 Å². The summed E-state index contributed by atoms with van der Waals surface area (Å²) in [6, 6.07) is 0. The van der Waals surface area contributed by atoms with Gasteiger partial charge in [0.05, 0.1) is 12.5 Å². The summed E-state index contributed by atoms with van der Waals surface area (Å²) < 4.78 is 4.77. The Hall–Kier alpha value is -1.73. The molecule has 6 nitrogen and oxygen atoms in total. The fourth-order valence-corrected chi connectivity index (χ4v) is 2.87. The van der Waals surface area contributed by atoms with Gasteiger partial charge in [-0.05, 0) is 25.5 Å². The van der Waals surface area contributed by atoms with Crippen molar-refractivity contribution in [3.05, 3.63) is 16.8 Å². The molecule has 0 unspecified atom stereocenters. The lowest BCUT2D eigenvalue weighted by molar-refractivity contribution is 0.0605. The second-order valence-electron chi connectivity index (χ2n) is 4.02.